The standard InChI is InChI=1S/C11H25NO2S/c1-4-9-15(13,14)10-7-8-11(5-2)12-6-3/h11-12H,4-10H2,1-3H3. The maximum absolute atomic E-state index is 11.4. The van der Waals surface area contributed by atoms with Gasteiger partial charge in [0.15, 0.2) is 0 Å². The molecule has 92 valence electrons. The second kappa shape index (κ2) is 8.11. The number of rotatable bonds is 9. The van der Waals surface area contributed by atoms with Crippen LogP contribution in [-0.2, 0) is 9.84 Å². The fourth-order valence-electron chi connectivity index (χ4n) is 1.70. The Hall–Kier alpha value is -0.0900. The van der Waals surface area contributed by atoms with E-state index >= 15 is 0 Å². The molecule has 15 heavy (non-hydrogen) atoms. The highest BCUT2D eigenvalue weighted by molar-refractivity contribution is 7.91. The van der Waals surface area contributed by atoms with E-state index < -0.39 is 9.84 Å². The van der Waals surface area contributed by atoms with Gasteiger partial charge in [0.2, 0.25) is 0 Å². The second-order valence-electron chi connectivity index (χ2n) is 3.96. The molecular weight excluding hydrogens is 210 g/mol. The van der Waals surface area contributed by atoms with Gasteiger partial charge in [0.1, 0.15) is 9.84 Å². The summed E-state index contributed by atoms with van der Waals surface area (Å²) in [6.45, 7) is 7.08. The summed E-state index contributed by atoms with van der Waals surface area (Å²) in [6.07, 6.45) is 3.55. The Morgan fingerprint density at radius 1 is 1.13 bits per heavy atom. The highest BCUT2D eigenvalue weighted by Crippen LogP contribution is 2.05. The Balaban J connectivity index is 3.76. The van der Waals surface area contributed by atoms with Crippen LogP contribution in [0.1, 0.15) is 46.5 Å². The molecule has 0 fully saturated rings. The van der Waals surface area contributed by atoms with E-state index in [-0.39, 0.29) is 0 Å². The third-order valence-corrected chi connectivity index (χ3v) is 4.45. The first-order valence-corrected chi connectivity index (χ1v) is 7.81. The molecule has 0 radical (unpaired) electrons. The van der Waals surface area contributed by atoms with Crippen molar-refractivity contribution >= 4 is 9.84 Å². The van der Waals surface area contributed by atoms with Crippen LogP contribution in [0.15, 0.2) is 0 Å². The van der Waals surface area contributed by atoms with Gasteiger partial charge in [0.05, 0.1) is 5.75 Å². The lowest BCUT2D eigenvalue weighted by Crippen LogP contribution is -2.28. The predicted octanol–water partition coefficient (Wildman–Crippen LogP) is 1.98. The van der Waals surface area contributed by atoms with Crippen molar-refractivity contribution in [1.29, 1.82) is 0 Å². The van der Waals surface area contributed by atoms with Crippen molar-refractivity contribution in [2.75, 3.05) is 18.1 Å². The largest absolute Gasteiger partial charge is 0.314 e. The average molecular weight is 235 g/mol. The van der Waals surface area contributed by atoms with Crippen LogP contribution in [-0.4, -0.2) is 32.5 Å². The lowest BCUT2D eigenvalue weighted by Gasteiger charge is -2.15. The van der Waals surface area contributed by atoms with Crippen LogP contribution in [0.5, 0.6) is 0 Å². The molecular formula is C11H25NO2S. The van der Waals surface area contributed by atoms with E-state index in [1.54, 1.807) is 0 Å². The van der Waals surface area contributed by atoms with Crippen LogP contribution in [0, 0.1) is 0 Å². The summed E-state index contributed by atoms with van der Waals surface area (Å²) in [5, 5.41) is 3.36. The fraction of sp³-hybridized carbons (Fsp3) is 1.00. The lowest BCUT2D eigenvalue weighted by molar-refractivity contribution is 0.474. The van der Waals surface area contributed by atoms with Gasteiger partial charge >= 0.3 is 0 Å². The Morgan fingerprint density at radius 2 is 1.80 bits per heavy atom. The fourth-order valence-corrected chi connectivity index (χ4v) is 3.13. The van der Waals surface area contributed by atoms with Crippen LogP contribution in [0.3, 0.4) is 0 Å². The van der Waals surface area contributed by atoms with Crippen LogP contribution >= 0.6 is 0 Å². The number of nitrogens with one attached hydrogen (secondary N) is 1. The van der Waals surface area contributed by atoms with Gasteiger partial charge in [-0.1, -0.05) is 20.8 Å². The average Bonchev–Trinajstić information content (AvgIpc) is 2.16. The molecule has 1 unspecified atom stereocenters. The molecule has 0 spiro atoms. The van der Waals surface area contributed by atoms with Crippen molar-refractivity contribution in [2.45, 2.75) is 52.5 Å². The van der Waals surface area contributed by atoms with Crippen molar-refractivity contribution < 1.29 is 8.42 Å². The van der Waals surface area contributed by atoms with Gasteiger partial charge in [0.25, 0.3) is 0 Å². The molecule has 1 N–H and O–H groups in total. The molecule has 0 amide bonds. The quantitative estimate of drug-likeness (QED) is 0.664. The summed E-state index contributed by atoms with van der Waals surface area (Å²) < 4.78 is 22.9. The van der Waals surface area contributed by atoms with E-state index in [2.05, 4.69) is 19.2 Å². The molecule has 0 aliphatic heterocycles. The Morgan fingerprint density at radius 3 is 2.27 bits per heavy atom. The van der Waals surface area contributed by atoms with E-state index in [4.69, 9.17) is 0 Å². The molecule has 3 nitrogen and oxygen atoms in total. The topological polar surface area (TPSA) is 46.2 Å². The molecule has 0 aliphatic rings. The highest BCUT2D eigenvalue weighted by atomic mass is 32.2. The normalized spacial score (nSPS) is 14.1. The van der Waals surface area contributed by atoms with Gasteiger partial charge < -0.3 is 5.32 Å². The van der Waals surface area contributed by atoms with Crippen molar-refractivity contribution in [1.82, 2.24) is 5.32 Å². The number of hydrogen-bond donors (Lipinski definition) is 1. The smallest absolute Gasteiger partial charge is 0.150 e. The molecule has 0 bridgehead atoms. The molecule has 0 heterocycles. The van der Waals surface area contributed by atoms with E-state index in [1.807, 2.05) is 6.92 Å². The molecule has 0 saturated heterocycles. The molecule has 0 aromatic rings. The third-order valence-electron chi connectivity index (χ3n) is 2.51. The summed E-state index contributed by atoms with van der Waals surface area (Å²) in [5.74, 6) is 0.688. The predicted molar refractivity (Wildman–Crippen MR) is 65.9 cm³/mol. The molecule has 0 aromatic heterocycles. The summed E-state index contributed by atoms with van der Waals surface area (Å²) >= 11 is 0. The Labute approximate surface area is 94.6 Å². The van der Waals surface area contributed by atoms with E-state index in [9.17, 15) is 8.42 Å². The first-order chi connectivity index (χ1) is 7.05. The summed E-state index contributed by atoms with van der Waals surface area (Å²) in [7, 11) is -2.78. The molecule has 0 aromatic carbocycles. The van der Waals surface area contributed by atoms with Crippen LogP contribution < -0.4 is 5.32 Å². The third kappa shape index (κ3) is 7.79. The van der Waals surface area contributed by atoms with Crippen molar-refractivity contribution in [3.63, 3.8) is 0 Å². The zero-order chi connectivity index (χ0) is 11.7. The lowest BCUT2D eigenvalue weighted by atomic mass is 10.1. The molecule has 1 atom stereocenters. The first kappa shape index (κ1) is 14.9. The van der Waals surface area contributed by atoms with E-state index in [0.717, 1.165) is 32.2 Å². The van der Waals surface area contributed by atoms with Crippen LogP contribution in [0.2, 0.25) is 0 Å². The molecule has 0 rings (SSSR count). The van der Waals surface area contributed by atoms with Gasteiger partial charge in [-0.15, -0.1) is 0 Å². The molecule has 0 saturated carbocycles. The van der Waals surface area contributed by atoms with Gasteiger partial charge in [-0.3, -0.25) is 0 Å². The minimum Gasteiger partial charge on any atom is -0.314 e. The first-order valence-electron chi connectivity index (χ1n) is 5.99. The van der Waals surface area contributed by atoms with E-state index in [0.29, 0.717) is 17.5 Å². The summed E-state index contributed by atoms with van der Waals surface area (Å²) in [6, 6.07) is 0.479. The minimum atomic E-state index is -2.78. The van der Waals surface area contributed by atoms with Crippen LogP contribution in [0.25, 0.3) is 0 Å². The van der Waals surface area contributed by atoms with Gasteiger partial charge in [-0.05, 0) is 32.2 Å². The monoisotopic (exact) mass is 235 g/mol. The zero-order valence-electron chi connectivity index (χ0n) is 10.3. The van der Waals surface area contributed by atoms with Crippen molar-refractivity contribution in [3.8, 4) is 0 Å². The maximum Gasteiger partial charge on any atom is 0.150 e. The molecule has 4 heteroatoms. The van der Waals surface area contributed by atoms with Gasteiger partial charge in [0, 0.05) is 11.8 Å². The maximum atomic E-state index is 11.4. The van der Waals surface area contributed by atoms with Crippen molar-refractivity contribution in [3.05, 3.63) is 0 Å². The zero-order valence-corrected chi connectivity index (χ0v) is 11.1. The SMILES string of the molecule is CCCS(=O)(=O)CCCC(CC)NCC. The van der Waals surface area contributed by atoms with Gasteiger partial charge in [-0.25, -0.2) is 8.42 Å². The minimum absolute atomic E-state index is 0.338. The van der Waals surface area contributed by atoms with E-state index in [1.165, 1.54) is 0 Å². The second-order valence-corrected chi connectivity index (χ2v) is 6.26. The van der Waals surface area contributed by atoms with Crippen molar-refractivity contribution in [2.24, 2.45) is 0 Å². The summed E-state index contributed by atoms with van der Waals surface area (Å²) in [5.41, 5.74) is 0. The highest BCUT2D eigenvalue weighted by Gasteiger charge is 2.10. The number of hydrogen-bond acceptors (Lipinski definition) is 3. The van der Waals surface area contributed by atoms with Crippen LogP contribution in [0.4, 0.5) is 0 Å². The Bertz CT molecular complexity index is 237. The Kier molecular flexibility index (Phi) is 8.06. The molecule has 0 aliphatic carbocycles. The summed E-state index contributed by atoms with van der Waals surface area (Å²) in [4.78, 5) is 0. The number of sulfone groups is 1. The van der Waals surface area contributed by atoms with Gasteiger partial charge in [-0.2, -0.15) is 0 Å².